The highest BCUT2D eigenvalue weighted by Gasteiger charge is 2.22. The molecular weight excluding hydrogens is 312 g/mol. The summed E-state index contributed by atoms with van der Waals surface area (Å²) in [5.74, 6) is 0.171. The van der Waals surface area contributed by atoms with Crippen molar-refractivity contribution in [1.82, 2.24) is 9.80 Å². The molecule has 1 aromatic rings. The van der Waals surface area contributed by atoms with Crippen LogP contribution in [0.3, 0.4) is 0 Å². The van der Waals surface area contributed by atoms with E-state index >= 15 is 0 Å². The molecule has 1 aliphatic rings. The molecule has 0 radical (unpaired) electrons. The summed E-state index contributed by atoms with van der Waals surface area (Å²) in [7, 11) is 4.15. The second-order valence-electron chi connectivity index (χ2n) is 7.69. The molecule has 2 rings (SSSR count). The van der Waals surface area contributed by atoms with Crippen molar-refractivity contribution in [2.45, 2.75) is 53.2 Å². The van der Waals surface area contributed by atoms with Crippen LogP contribution in [-0.2, 0) is 11.3 Å². The predicted octanol–water partition coefficient (Wildman–Crippen LogP) is 3.36. The Morgan fingerprint density at radius 1 is 1.20 bits per heavy atom. The molecule has 1 fully saturated rings. The minimum atomic E-state index is 0.171. The number of ether oxygens (including phenoxy) is 1. The van der Waals surface area contributed by atoms with Gasteiger partial charge in [0, 0.05) is 31.7 Å². The first-order valence-corrected chi connectivity index (χ1v) is 9.39. The van der Waals surface area contributed by atoms with Gasteiger partial charge < -0.3 is 9.64 Å². The smallest absolute Gasteiger partial charge is 0.160 e. The summed E-state index contributed by atoms with van der Waals surface area (Å²) < 4.78 is 5.99. The van der Waals surface area contributed by atoms with Crippen LogP contribution >= 0.6 is 0 Å². The third-order valence-electron chi connectivity index (χ3n) is 5.29. The molecule has 0 spiro atoms. The van der Waals surface area contributed by atoms with Crippen molar-refractivity contribution in [3.8, 4) is 0 Å². The van der Waals surface area contributed by atoms with Gasteiger partial charge in [-0.3, -0.25) is 9.69 Å². The number of carbonyl (C=O) groups excluding carboxylic acids is 1. The van der Waals surface area contributed by atoms with Gasteiger partial charge in [0.15, 0.2) is 5.78 Å². The fourth-order valence-electron chi connectivity index (χ4n) is 3.87. The number of hydrogen-bond acceptors (Lipinski definition) is 4. The summed E-state index contributed by atoms with van der Waals surface area (Å²) in [4.78, 5) is 16.7. The Bertz CT molecular complexity index is 602. The van der Waals surface area contributed by atoms with Crippen LogP contribution in [0.15, 0.2) is 6.07 Å². The first kappa shape index (κ1) is 20.1. The number of ketones is 1. The Hall–Kier alpha value is -1.23. The van der Waals surface area contributed by atoms with Gasteiger partial charge in [0.1, 0.15) is 0 Å². The van der Waals surface area contributed by atoms with E-state index in [1.165, 1.54) is 11.1 Å². The molecular formula is C21H34N2O2. The minimum Gasteiger partial charge on any atom is -0.377 e. The summed E-state index contributed by atoms with van der Waals surface area (Å²) in [5.41, 5.74) is 5.78. The van der Waals surface area contributed by atoms with Crippen LogP contribution in [0.5, 0.6) is 0 Å². The number of hydrogen-bond donors (Lipinski definition) is 0. The van der Waals surface area contributed by atoms with Crippen molar-refractivity contribution >= 4 is 5.78 Å². The molecule has 0 unspecified atom stereocenters. The van der Waals surface area contributed by atoms with E-state index in [1.807, 2.05) is 6.92 Å². The molecule has 1 aliphatic heterocycles. The van der Waals surface area contributed by atoms with Gasteiger partial charge in [0.05, 0.1) is 12.7 Å². The highest BCUT2D eigenvalue weighted by atomic mass is 16.5. The largest absolute Gasteiger partial charge is 0.377 e. The van der Waals surface area contributed by atoms with Crippen LogP contribution < -0.4 is 0 Å². The number of Topliss-reactive ketones (excluding diaryl/α,β-unsaturated/α-hetero) is 1. The maximum absolute atomic E-state index is 12.0. The summed E-state index contributed by atoms with van der Waals surface area (Å²) >= 11 is 0. The third kappa shape index (κ3) is 5.37. The van der Waals surface area contributed by atoms with Crippen LogP contribution in [0.1, 0.15) is 52.4 Å². The molecule has 4 heteroatoms. The van der Waals surface area contributed by atoms with Crippen molar-refractivity contribution in [2.24, 2.45) is 0 Å². The average Bonchev–Trinajstić information content (AvgIpc) is 2.52. The molecule has 140 valence electrons. The highest BCUT2D eigenvalue weighted by molar-refractivity contribution is 5.97. The Morgan fingerprint density at radius 2 is 1.84 bits per heavy atom. The number of likely N-dealkylation sites (tertiary alicyclic amines) is 1. The van der Waals surface area contributed by atoms with E-state index in [-0.39, 0.29) is 5.78 Å². The highest BCUT2D eigenvalue weighted by Crippen LogP contribution is 2.25. The topological polar surface area (TPSA) is 32.8 Å². The molecule has 1 saturated heterocycles. The van der Waals surface area contributed by atoms with Gasteiger partial charge in [-0.25, -0.2) is 0 Å². The summed E-state index contributed by atoms with van der Waals surface area (Å²) in [6.07, 6.45) is 2.58. The maximum Gasteiger partial charge on any atom is 0.160 e. The number of likely N-dealkylation sites (N-methyl/N-ethyl adjacent to an activating group) is 1. The van der Waals surface area contributed by atoms with Gasteiger partial charge >= 0.3 is 0 Å². The number of nitrogens with zero attached hydrogens (tertiary/aromatic N) is 2. The predicted molar refractivity (Wildman–Crippen MR) is 103 cm³/mol. The fraction of sp³-hybridized carbons (Fsp3) is 0.667. The standard InChI is InChI=1S/C21H34N2O2/c1-15-13-16(2)21(18(4)24)17(3)20(15)14-23-9-7-19(8-10-23)25-12-11-22(5)6/h13,19H,7-12,14H2,1-6H3. The van der Waals surface area contributed by atoms with E-state index in [2.05, 4.69) is 43.8 Å². The van der Waals surface area contributed by atoms with Crippen LogP contribution in [-0.4, -0.2) is 62.0 Å². The second kappa shape index (κ2) is 8.93. The molecule has 0 aromatic heterocycles. The Kier molecular flexibility index (Phi) is 7.17. The first-order chi connectivity index (χ1) is 11.8. The molecule has 1 aromatic carbocycles. The second-order valence-corrected chi connectivity index (χ2v) is 7.69. The van der Waals surface area contributed by atoms with Crippen LogP contribution in [0.25, 0.3) is 0 Å². The van der Waals surface area contributed by atoms with Gasteiger partial charge in [-0.15, -0.1) is 0 Å². The zero-order valence-corrected chi connectivity index (χ0v) is 16.8. The average molecular weight is 347 g/mol. The number of aryl methyl sites for hydroxylation is 2. The lowest BCUT2D eigenvalue weighted by atomic mass is 9.91. The zero-order valence-electron chi connectivity index (χ0n) is 16.8. The van der Waals surface area contributed by atoms with Crippen molar-refractivity contribution in [2.75, 3.05) is 40.3 Å². The van der Waals surface area contributed by atoms with Gasteiger partial charge in [-0.1, -0.05) is 6.07 Å². The molecule has 0 saturated carbocycles. The van der Waals surface area contributed by atoms with E-state index in [1.54, 1.807) is 6.92 Å². The normalized spacial score (nSPS) is 16.6. The maximum atomic E-state index is 12.0. The quantitative estimate of drug-likeness (QED) is 0.709. The fourth-order valence-corrected chi connectivity index (χ4v) is 3.87. The van der Waals surface area contributed by atoms with Crippen molar-refractivity contribution in [3.63, 3.8) is 0 Å². The lowest BCUT2D eigenvalue weighted by molar-refractivity contribution is 0.000725. The molecule has 1 heterocycles. The third-order valence-corrected chi connectivity index (χ3v) is 5.29. The Morgan fingerprint density at radius 3 is 2.40 bits per heavy atom. The minimum absolute atomic E-state index is 0.171. The molecule has 0 N–H and O–H groups in total. The SMILES string of the molecule is CC(=O)c1c(C)cc(C)c(CN2CCC(OCCN(C)C)CC2)c1C. The Labute approximate surface area is 153 Å². The first-order valence-electron chi connectivity index (χ1n) is 9.39. The van der Waals surface area contributed by atoms with Crippen LogP contribution in [0.2, 0.25) is 0 Å². The van der Waals surface area contributed by atoms with E-state index in [0.29, 0.717) is 6.10 Å². The van der Waals surface area contributed by atoms with Gasteiger partial charge in [0.2, 0.25) is 0 Å². The van der Waals surface area contributed by atoms with Crippen LogP contribution in [0, 0.1) is 20.8 Å². The van der Waals surface area contributed by atoms with E-state index < -0.39 is 0 Å². The van der Waals surface area contributed by atoms with E-state index in [4.69, 9.17) is 4.74 Å². The van der Waals surface area contributed by atoms with E-state index in [9.17, 15) is 4.79 Å². The van der Waals surface area contributed by atoms with Crippen molar-refractivity contribution in [3.05, 3.63) is 33.9 Å². The molecule has 25 heavy (non-hydrogen) atoms. The summed E-state index contributed by atoms with van der Waals surface area (Å²) in [5, 5.41) is 0. The van der Waals surface area contributed by atoms with Crippen molar-refractivity contribution in [1.29, 1.82) is 0 Å². The van der Waals surface area contributed by atoms with Gasteiger partial charge in [0.25, 0.3) is 0 Å². The van der Waals surface area contributed by atoms with Crippen molar-refractivity contribution < 1.29 is 9.53 Å². The Balaban J connectivity index is 1.96. The van der Waals surface area contributed by atoms with Gasteiger partial charge in [-0.2, -0.15) is 0 Å². The summed E-state index contributed by atoms with van der Waals surface area (Å²) in [6.45, 7) is 12.8. The van der Waals surface area contributed by atoms with E-state index in [0.717, 1.165) is 62.3 Å². The van der Waals surface area contributed by atoms with Crippen LogP contribution in [0.4, 0.5) is 0 Å². The number of carbonyl (C=O) groups is 1. The summed E-state index contributed by atoms with van der Waals surface area (Å²) in [6, 6.07) is 2.16. The molecule has 0 aliphatic carbocycles. The molecule has 0 atom stereocenters. The van der Waals surface area contributed by atoms with Gasteiger partial charge in [-0.05, 0) is 76.9 Å². The molecule has 4 nitrogen and oxygen atoms in total. The zero-order chi connectivity index (χ0) is 18.6. The lowest BCUT2D eigenvalue weighted by Crippen LogP contribution is -2.37. The lowest BCUT2D eigenvalue weighted by Gasteiger charge is -2.33. The number of piperidine rings is 1. The molecule has 0 bridgehead atoms. The monoisotopic (exact) mass is 346 g/mol. The number of benzene rings is 1. The molecule has 0 amide bonds. The number of rotatable bonds is 7.